The fraction of sp³-hybridized carbons (Fsp3) is 0.556. The van der Waals surface area contributed by atoms with Crippen LogP contribution in [0, 0.1) is 5.82 Å². The number of unbranched alkanes of at least 4 members (excludes halogenated alkanes) is 2. The standard InChI is InChI=1S/C18H25FO4/c1-3-4-5-8-14(2)22-17(20)11-7-12-18(21)23-16-10-6-9-15(19)13-16/h6,9-10,13-14H,3-5,7-8,11-12H2,1-2H3. The first-order chi connectivity index (χ1) is 11.0. The molecule has 0 spiro atoms. The molecule has 0 radical (unpaired) electrons. The maximum absolute atomic E-state index is 13.0. The maximum atomic E-state index is 13.0. The van der Waals surface area contributed by atoms with Crippen LogP contribution in [0.25, 0.3) is 0 Å². The number of halogens is 1. The van der Waals surface area contributed by atoms with Crippen LogP contribution in [-0.2, 0) is 14.3 Å². The minimum atomic E-state index is -0.487. The topological polar surface area (TPSA) is 52.6 Å². The molecule has 0 bridgehead atoms. The van der Waals surface area contributed by atoms with E-state index < -0.39 is 11.8 Å². The van der Waals surface area contributed by atoms with Crippen LogP contribution in [0.4, 0.5) is 4.39 Å². The van der Waals surface area contributed by atoms with Crippen molar-refractivity contribution in [2.45, 2.75) is 64.9 Å². The van der Waals surface area contributed by atoms with Gasteiger partial charge >= 0.3 is 11.9 Å². The van der Waals surface area contributed by atoms with Crippen molar-refractivity contribution in [2.24, 2.45) is 0 Å². The number of esters is 2. The normalized spacial score (nSPS) is 11.8. The quantitative estimate of drug-likeness (QED) is 0.363. The van der Waals surface area contributed by atoms with E-state index in [1.807, 2.05) is 6.92 Å². The minimum absolute atomic E-state index is 0.0895. The first kappa shape index (κ1) is 19.1. The largest absolute Gasteiger partial charge is 0.463 e. The van der Waals surface area contributed by atoms with E-state index in [9.17, 15) is 14.0 Å². The van der Waals surface area contributed by atoms with Crippen LogP contribution in [0.1, 0.15) is 58.8 Å². The lowest BCUT2D eigenvalue weighted by Gasteiger charge is -2.12. The Balaban J connectivity index is 2.17. The fourth-order valence-electron chi connectivity index (χ4n) is 2.11. The smallest absolute Gasteiger partial charge is 0.311 e. The molecule has 1 unspecified atom stereocenters. The molecule has 128 valence electrons. The van der Waals surface area contributed by atoms with Gasteiger partial charge in [0.05, 0.1) is 6.10 Å². The van der Waals surface area contributed by atoms with Crippen LogP contribution in [0.5, 0.6) is 5.75 Å². The van der Waals surface area contributed by atoms with E-state index in [-0.39, 0.29) is 30.7 Å². The lowest BCUT2D eigenvalue weighted by molar-refractivity contribution is -0.148. The number of rotatable bonds is 10. The van der Waals surface area contributed by atoms with Gasteiger partial charge in [-0.15, -0.1) is 0 Å². The van der Waals surface area contributed by atoms with Gasteiger partial charge in [0.1, 0.15) is 11.6 Å². The summed E-state index contributed by atoms with van der Waals surface area (Å²) >= 11 is 0. The van der Waals surface area contributed by atoms with Crippen molar-refractivity contribution in [3.8, 4) is 5.75 Å². The Labute approximate surface area is 137 Å². The van der Waals surface area contributed by atoms with Crippen molar-refractivity contribution < 1.29 is 23.5 Å². The molecular formula is C18H25FO4. The number of hydrogen-bond acceptors (Lipinski definition) is 4. The highest BCUT2D eigenvalue weighted by molar-refractivity contribution is 5.74. The molecule has 0 aliphatic heterocycles. The summed E-state index contributed by atoms with van der Waals surface area (Å²) in [7, 11) is 0. The van der Waals surface area contributed by atoms with E-state index in [1.54, 1.807) is 0 Å². The molecule has 23 heavy (non-hydrogen) atoms. The first-order valence-electron chi connectivity index (χ1n) is 8.17. The summed E-state index contributed by atoms with van der Waals surface area (Å²) in [6, 6.07) is 5.39. The highest BCUT2D eigenvalue weighted by Crippen LogP contribution is 2.13. The Morgan fingerprint density at radius 1 is 1.13 bits per heavy atom. The van der Waals surface area contributed by atoms with Crippen LogP contribution in [0.2, 0.25) is 0 Å². The third-order valence-electron chi connectivity index (χ3n) is 3.34. The van der Waals surface area contributed by atoms with E-state index in [0.29, 0.717) is 6.42 Å². The van der Waals surface area contributed by atoms with Gasteiger partial charge in [-0.25, -0.2) is 4.39 Å². The summed E-state index contributed by atoms with van der Waals surface area (Å²) in [5.74, 6) is -1.08. The number of carbonyl (C=O) groups is 2. The lowest BCUT2D eigenvalue weighted by Crippen LogP contribution is -2.15. The Bertz CT molecular complexity index is 502. The van der Waals surface area contributed by atoms with Gasteiger partial charge in [0.25, 0.3) is 0 Å². The lowest BCUT2D eigenvalue weighted by atomic mass is 10.1. The molecule has 1 atom stereocenters. The Kier molecular flexibility index (Phi) is 8.95. The summed E-state index contributed by atoms with van der Waals surface area (Å²) in [5.41, 5.74) is 0. The molecule has 0 saturated heterocycles. The second-order valence-electron chi connectivity index (χ2n) is 5.58. The van der Waals surface area contributed by atoms with Crippen LogP contribution >= 0.6 is 0 Å². The fourth-order valence-corrected chi connectivity index (χ4v) is 2.11. The van der Waals surface area contributed by atoms with Gasteiger partial charge in [0, 0.05) is 18.9 Å². The van der Waals surface area contributed by atoms with Crippen molar-refractivity contribution in [3.63, 3.8) is 0 Å². The van der Waals surface area contributed by atoms with Crippen molar-refractivity contribution >= 4 is 11.9 Å². The molecule has 1 aromatic carbocycles. The zero-order chi connectivity index (χ0) is 17.1. The molecule has 0 fully saturated rings. The van der Waals surface area contributed by atoms with Crippen LogP contribution in [0.15, 0.2) is 24.3 Å². The average molecular weight is 324 g/mol. The first-order valence-corrected chi connectivity index (χ1v) is 8.17. The molecule has 0 N–H and O–H groups in total. The summed E-state index contributed by atoms with van der Waals surface area (Å²) < 4.78 is 23.2. The molecule has 0 amide bonds. The SMILES string of the molecule is CCCCCC(C)OC(=O)CCCC(=O)Oc1cccc(F)c1. The molecule has 0 aromatic heterocycles. The molecule has 0 aliphatic carbocycles. The molecule has 4 nitrogen and oxygen atoms in total. The van der Waals surface area contributed by atoms with E-state index in [1.165, 1.54) is 18.2 Å². The van der Waals surface area contributed by atoms with Gasteiger partial charge < -0.3 is 9.47 Å². The van der Waals surface area contributed by atoms with E-state index in [0.717, 1.165) is 31.7 Å². The van der Waals surface area contributed by atoms with Gasteiger partial charge in [-0.3, -0.25) is 9.59 Å². The van der Waals surface area contributed by atoms with Gasteiger partial charge in [-0.2, -0.15) is 0 Å². The highest BCUT2D eigenvalue weighted by Gasteiger charge is 2.11. The van der Waals surface area contributed by atoms with Crippen molar-refractivity contribution in [3.05, 3.63) is 30.1 Å². The molecule has 5 heteroatoms. The van der Waals surface area contributed by atoms with Gasteiger partial charge in [-0.05, 0) is 38.3 Å². The summed E-state index contributed by atoms with van der Waals surface area (Å²) in [5, 5.41) is 0. The van der Waals surface area contributed by atoms with E-state index in [4.69, 9.17) is 9.47 Å². The monoisotopic (exact) mass is 324 g/mol. The molecule has 0 heterocycles. The third kappa shape index (κ3) is 8.96. The molecule has 1 rings (SSSR count). The zero-order valence-electron chi connectivity index (χ0n) is 13.8. The van der Waals surface area contributed by atoms with Crippen LogP contribution in [-0.4, -0.2) is 18.0 Å². The van der Waals surface area contributed by atoms with E-state index >= 15 is 0 Å². The average Bonchev–Trinajstić information content (AvgIpc) is 2.47. The molecule has 1 aromatic rings. The second kappa shape index (κ2) is 10.8. The third-order valence-corrected chi connectivity index (χ3v) is 3.34. The summed E-state index contributed by atoms with van der Waals surface area (Å²) in [4.78, 5) is 23.3. The van der Waals surface area contributed by atoms with Gasteiger partial charge in [0.2, 0.25) is 0 Å². The van der Waals surface area contributed by atoms with Gasteiger partial charge in [0.15, 0.2) is 0 Å². The Morgan fingerprint density at radius 2 is 1.87 bits per heavy atom. The number of benzene rings is 1. The van der Waals surface area contributed by atoms with Crippen molar-refractivity contribution in [1.29, 1.82) is 0 Å². The molecular weight excluding hydrogens is 299 g/mol. The Hall–Kier alpha value is -1.91. The maximum Gasteiger partial charge on any atom is 0.311 e. The number of ether oxygens (including phenoxy) is 2. The summed E-state index contributed by atoms with van der Waals surface area (Å²) in [6.45, 7) is 4.01. The molecule has 0 saturated carbocycles. The Morgan fingerprint density at radius 3 is 2.57 bits per heavy atom. The predicted octanol–water partition coefficient (Wildman–Crippen LogP) is 4.41. The number of hydrogen-bond donors (Lipinski definition) is 0. The van der Waals surface area contributed by atoms with Crippen LogP contribution < -0.4 is 4.74 Å². The van der Waals surface area contributed by atoms with Crippen molar-refractivity contribution in [1.82, 2.24) is 0 Å². The van der Waals surface area contributed by atoms with Crippen molar-refractivity contribution in [2.75, 3.05) is 0 Å². The predicted molar refractivity (Wildman–Crippen MR) is 85.6 cm³/mol. The zero-order valence-corrected chi connectivity index (χ0v) is 13.8. The minimum Gasteiger partial charge on any atom is -0.463 e. The highest BCUT2D eigenvalue weighted by atomic mass is 19.1. The molecule has 0 aliphatic rings. The second-order valence-corrected chi connectivity index (χ2v) is 5.58. The van der Waals surface area contributed by atoms with E-state index in [2.05, 4.69) is 6.92 Å². The van der Waals surface area contributed by atoms with Gasteiger partial charge in [-0.1, -0.05) is 25.8 Å². The number of carbonyl (C=O) groups excluding carboxylic acids is 2. The summed E-state index contributed by atoms with van der Waals surface area (Å²) in [6.07, 6.45) is 4.71. The van der Waals surface area contributed by atoms with Crippen LogP contribution in [0.3, 0.4) is 0 Å².